The summed E-state index contributed by atoms with van der Waals surface area (Å²) in [4.78, 5) is 26.2. The molecule has 1 saturated heterocycles. The quantitative estimate of drug-likeness (QED) is 0.744. The number of benzene rings is 1. The number of hydrogen-bond donors (Lipinski definition) is 2. The predicted octanol–water partition coefficient (Wildman–Crippen LogP) is 3.27. The van der Waals surface area contributed by atoms with Gasteiger partial charge in [-0.15, -0.1) is 0 Å². The van der Waals surface area contributed by atoms with Crippen molar-refractivity contribution in [2.75, 3.05) is 25.0 Å². The summed E-state index contributed by atoms with van der Waals surface area (Å²) in [5.41, 5.74) is -0.969. The maximum Gasteiger partial charge on any atom is 0.416 e. The number of furan rings is 1. The fraction of sp³-hybridized carbons (Fsp3) is 0.400. The van der Waals surface area contributed by atoms with Crippen molar-refractivity contribution in [2.45, 2.75) is 25.6 Å². The number of likely N-dealkylation sites (tertiary alicyclic amines) is 1. The summed E-state index contributed by atoms with van der Waals surface area (Å²) in [6.07, 6.45) is -1.14. The number of carbonyl (C=O) groups excluding carboxylic acids is 2. The molecule has 0 saturated carbocycles. The molecule has 0 aliphatic carbocycles. The summed E-state index contributed by atoms with van der Waals surface area (Å²) in [5.74, 6) is -0.698. The molecule has 29 heavy (non-hydrogen) atoms. The first kappa shape index (κ1) is 20.9. The molecular formula is C20H22F3N3O3. The Labute approximate surface area is 166 Å². The monoisotopic (exact) mass is 409 g/mol. The van der Waals surface area contributed by atoms with Crippen molar-refractivity contribution in [1.29, 1.82) is 0 Å². The van der Waals surface area contributed by atoms with E-state index < -0.39 is 23.6 Å². The van der Waals surface area contributed by atoms with Gasteiger partial charge in [-0.25, -0.2) is 0 Å². The van der Waals surface area contributed by atoms with E-state index in [4.69, 9.17) is 4.42 Å². The highest BCUT2D eigenvalue weighted by Gasteiger charge is 2.30. The standard InChI is InChI=1S/C20H22F3N3O3/c21-20(22,23)15-3-1-4-16(11-15)25-19(28)18(27)24-12-14-6-8-26(9-7-14)13-17-5-2-10-29-17/h1-5,10-11,14H,6-9,12-13H2,(H,24,27)(H,25,28). The van der Waals surface area contributed by atoms with Crippen molar-refractivity contribution in [2.24, 2.45) is 5.92 Å². The van der Waals surface area contributed by atoms with Gasteiger partial charge in [0, 0.05) is 12.2 Å². The molecule has 1 aliphatic rings. The third-order valence-corrected chi connectivity index (χ3v) is 4.87. The Bertz CT molecular complexity index is 829. The van der Waals surface area contributed by atoms with Crippen LogP contribution in [0.15, 0.2) is 47.1 Å². The second-order valence-electron chi connectivity index (χ2n) is 7.04. The van der Waals surface area contributed by atoms with E-state index in [0.29, 0.717) is 6.54 Å². The number of carbonyl (C=O) groups is 2. The van der Waals surface area contributed by atoms with Crippen LogP contribution in [-0.2, 0) is 22.3 Å². The molecule has 6 nitrogen and oxygen atoms in total. The number of alkyl halides is 3. The number of hydrogen-bond acceptors (Lipinski definition) is 4. The molecule has 0 spiro atoms. The Morgan fingerprint density at radius 2 is 1.86 bits per heavy atom. The highest BCUT2D eigenvalue weighted by molar-refractivity contribution is 6.39. The van der Waals surface area contributed by atoms with Crippen LogP contribution >= 0.6 is 0 Å². The van der Waals surface area contributed by atoms with E-state index >= 15 is 0 Å². The van der Waals surface area contributed by atoms with Gasteiger partial charge >= 0.3 is 18.0 Å². The molecule has 156 valence electrons. The third kappa shape index (κ3) is 6.08. The number of piperidine rings is 1. The molecule has 0 atom stereocenters. The first-order valence-electron chi connectivity index (χ1n) is 9.32. The van der Waals surface area contributed by atoms with Crippen LogP contribution in [0.5, 0.6) is 0 Å². The molecular weight excluding hydrogens is 387 g/mol. The van der Waals surface area contributed by atoms with Gasteiger partial charge in [-0.05, 0) is 62.2 Å². The molecule has 2 aromatic rings. The van der Waals surface area contributed by atoms with Crippen molar-refractivity contribution < 1.29 is 27.2 Å². The molecule has 1 aromatic carbocycles. The fourth-order valence-corrected chi connectivity index (χ4v) is 3.25. The van der Waals surface area contributed by atoms with Crippen LogP contribution in [0, 0.1) is 5.92 Å². The average Bonchev–Trinajstić information content (AvgIpc) is 3.20. The van der Waals surface area contributed by atoms with Gasteiger partial charge in [0.25, 0.3) is 0 Å². The van der Waals surface area contributed by atoms with E-state index in [0.717, 1.165) is 50.4 Å². The number of nitrogens with zero attached hydrogens (tertiary/aromatic N) is 1. The van der Waals surface area contributed by atoms with Gasteiger partial charge in [0.05, 0.1) is 18.4 Å². The van der Waals surface area contributed by atoms with E-state index in [-0.39, 0.29) is 11.6 Å². The highest BCUT2D eigenvalue weighted by Crippen LogP contribution is 2.30. The minimum absolute atomic E-state index is 0.0776. The normalized spacial score (nSPS) is 15.8. The van der Waals surface area contributed by atoms with Gasteiger partial charge in [-0.3, -0.25) is 14.5 Å². The minimum atomic E-state index is -4.52. The highest BCUT2D eigenvalue weighted by atomic mass is 19.4. The van der Waals surface area contributed by atoms with E-state index in [1.54, 1.807) is 6.26 Å². The zero-order valence-corrected chi connectivity index (χ0v) is 15.7. The first-order valence-corrected chi connectivity index (χ1v) is 9.32. The Hall–Kier alpha value is -2.81. The van der Waals surface area contributed by atoms with Crippen molar-refractivity contribution in [3.8, 4) is 0 Å². The molecule has 2 heterocycles. The second kappa shape index (κ2) is 9.13. The zero-order chi connectivity index (χ0) is 20.9. The lowest BCUT2D eigenvalue weighted by atomic mass is 9.96. The van der Waals surface area contributed by atoms with E-state index in [2.05, 4.69) is 15.5 Å². The summed E-state index contributed by atoms with van der Waals surface area (Å²) in [6, 6.07) is 7.94. The van der Waals surface area contributed by atoms with Crippen LogP contribution in [0.25, 0.3) is 0 Å². The Morgan fingerprint density at radius 1 is 1.10 bits per heavy atom. The van der Waals surface area contributed by atoms with Gasteiger partial charge in [-0.1, -0.05) is 6.07 Å². The molecule has 0 radical (unpaired) electrons. The van der Waals surface area contributed by atoms with E-state index in [9.17, 15) is 22.8 Å². The summed E-state index contributed by atoms with van der Waals surface area (Å²) in [6.45, 7) is 2.81. The van der Waals surface area contributed by atoms with Gasteiger partial charge in [0.15, 0.2) is 0 Å². The molecule has 1 aromatic heterocycles. The maximum absolute atomic E-state index is 12.7. The van der Waals surface area contributed by atoms with Crippen molar-refractivity contribution in [3.05, 3.63) is 54.0 Å². The molecule has 0 bridgehead atoms. The van der Waals surface area contributed by atoms with Gasteiger partial charge in [0.1, 0.15) is 5.76 Å². The molecule has 2 N–H and O–H groups in total. The zero-order valence-electron chi connectivity index (χ0n) is 15.7. The molecule has 9 heteroatoms. The number of anilines is 1. The molecule has 0 unspecified atom stereocenters. The number of amides is 2. The van der Waals surface area contributed by atoms with Crippen LogP contribution in [-0.4, -0.2) is 36.3 Å². The van der Waals surface area contributed by atoms with Crippen LogP contribution < -0.4 is 10.6 Å². The van der Waals surface area contributed by atoms with Crippen molar-refractivity contribution in [1.82, 2.24) is 10.2 Å². The summed E-state index contributed by atoms with van der Waals surface area (Å²) >= 11 is 0. The molecule has 1 aliphatic heterocycles. The van der Waals surface area contributed by atoms with Gasteiger partial charge in [0.2, 0.25) is 0 Å². The van der Waals surface area contributed by atoms with E-state index in [1.165, 1.54) is 12.1 Å². The number of nitrogens with one attached hydrogen (secondary N) is 2. The van der Waals surface area contributed by atoms with E-state index in [1.807, 2.05) is 12.1 Å². The third-order valence-electron chi connectivity index (χ3n) is 4.87. The maximum atomic E-state index is 12.7. The second-order valence-corrected chi connectivity index (χ2v) is 7.04. The first-order chi connectivity index (χ1) is 13.8. The van der Waals surface area contributed by atoms with Crippen LogP contribution in [0.1, 0.15) is 24.2 Å². The van der Waals surface area contributed by atoms with Gasteiger partial charge < -0.3 is 15.1 Å². The summed E-state index contributed by atoms with van der Waals surface area (Å²) in [5, 5.41) is 4.77. The number of halogens is 3. The lowest BCUT2D eigenvalue weighted by molar-refractivity contribution is -0.137. The summed E-state index contributed by atoms with van der Waals surface area (Å²) in [7, 11) is 0. The lowest BCUT2D eigenvalue weighted by Gasteiger charge is -2.31. The fourth-order valence-electron chi connectivity index (χ4n) is 3.25. The topological polar surface area (TPSA) is 74.6 Å². The van der Waals surface area contributed by atoms with Crippen LogP contribution in [0.3, 0.4) is 0 Å². The minimum Gasteiger partial charge on any atom is -0.468 e. The van der Waals surface area contributed by atoms with Gasteiger partial charge in [-0.2, -0.15) is 13.2 Å². The van der Waals surface area contributed by atoms with Crippen LogP contribution in [0.2, 0.25) is 0 Å². The van der Waals surface area contributed by atoms with Crippen molar-refractivity contribution >= 4 is 17.5 Å². The smallest absolute Gasteiger partial charge is 0.416 e. The predicted molar refractivity (Wildman–Crippen MR) is 99.8 cm³/mol. The lowest BCUT2D eigenvalue weighted by Crippen LogP contribution is -2.41. The molecule has 3 rings (SSSR count). The Morgan fingerprint density at radius 3 is 2.52 bits per heavy atom. The molecule has 2 amide bonds. The van der Waals surface area contributed by atoms with Crippen molar-refractivity contribution in [3.63, 3.8) is 0 Å². The largest absolute Gasteiger partial charge is 0.468 e. The average molecular weight is 409 g/mol. The molecule has 1 fully saturated rings. The SMILES string of the molecule is O=C(NCC1CCN(Cc2ccco2)CC1)C(=O)Nc1cccc(C(F)(F)F)c1. The Kier molecular flexibility index (Phi) is 6.58. The number of rotatable bonds is 5. The summed E-state index contributed by atoms with van der Waals surface area (Å²) < 4.78 is 43.5. The van der Waals surface area contributed by atoms with Crippen LogP contribution in [0.4, 0.5) is 18.9 Å². The Balaban J connectivity index is 1.41.